The largest absolute Gasteiger partial charge is 0.399 e. The molecule has 0 fully saturated rings. The van der Waals surface area contributed by atoms with Gasteiger partial charge in [-0.2, -0.15) is 0 Å². The molecule has 4 N–H and O–H groups in total. The number of halogens is 1. The smallest absolute Gasteiger partial charge is 0.257 e. The van der Waals surface area contributed by atoms with Gasteiger partial charge in [-0.3, -0.25) is 4.79 Å². The number of amides is 1. The van der Waals surface area contributed by atoms with Gasteiger partial charge in [0.15, 0.2) is 0 Å². The molecule has 3 rings (SSSR count). The molecule has 2 aromatic carbocycles. The first-order valence-corrected chi connectivity index (χ1v) is 6.45. The van der Waals surface area contributed by atoms with Crippen molar-refractivity contribution in [1.82, 2.24) is 4.98 Å². The molecule has 0 atom stereocenters. The summed E-state index contributed by atoms with van der Waals surface area (Å²) in [6.45, 7) is 0. The summed E-state index contributed by atoms with van der Waals surface area (Å²) in [5.41, 5.74) is 8.51. The van der Waals surface area contributed by atoms with Gasteiger partial charge < -0.3 is 16.0 Å². The molecule has 1 amide bonds. The standard InChI is InChI=1S/C15H12ClN3O/c16-9-1-4-11(5-2-9)19-15(20)13-8-18-14-6-3-10(17)7-12(13)14/h1-8,18H,17H2,(H,19,20). The summed E-state index contributed by atoms with van der Waals surface area (Å²) in [6, 6.07) is 12.4. The highest BCUT2D eigenvalue weighted by Crippen LogP contribution is 2.22. The van der Waals surface area contributed by atoms with Crippen molar-refractivity contribution in [2.45, 2.75) is 0 Å². The number of carbonyl (C=O) groups excluding carboxylic acids is 1. The monoisotopic (exact) mass is 285 g/mol. The Bertz CT molecular complexity index is 777. The maximum Gasteiger partial charge on any atom is 0.257 e. The number of anilines is 2. The normalized spacial score (nSPS) is 10.7. The number of fused-ring (bicyclic) bond motifs is 1. The van der Waals surface area contributed by atoms with E-state index >= 15 is 0 Å². The predicted octanol–water partition coefficient (Wildman–Crippen LogP) is 3.66. The molecule has 0 unspecified atom stereocenters. The molecule has 0 aliphatic heterocycles. The third-order valence-corrected chi connectivity index (χ3v) is 3.30. The van der Waals surface area contributed by atoms with Crippen molar-refractivity contribution in [3.05, 3.63) is 59.2 Å². The number of nitrogen functional groups attached to an aromatic ring is 1. The molecule has 0 bridgehead atoms. The second kappa shape index (κ2) is 4.90. The lowest BCUT2D eigenvalue weighted by Crippen LogP contribution is -2.11. The summed E-state index contributed by atoms with van der Waals surface area (Å²) >= 11 is 5.81. The van der Waals surface area contributed by atoms with Crippen LogP contribution in [0.3, 0.4) is 0 Å². The van der Waals surface area contributed by atoms with Crippen LogP contribution in [0.5, 0.6) is 0 Å². The highest BCUT2D eigenvalue weighted by molar-refractivity contribution is 6.30. The third kappa shape index (κ3) is 2.33. The van der Waals surface area contributed by atoms with Crippen LogP contribution in [0.25, 0.3) is 10.9 Å². The number of hydrogen-bond acceptors (Lipinski definition) is 2. The van der Waals surface area contributed by atoms with E-state index in [1.807, 2.05) is 6.07 Å². The Balaban J connectivity index is 1.92. The molecular weight excluding hydrogens is 274 g/mol. The zero-order valence-corrected chi connectivity index (χ0v) is 11.2. The van der Waals surface area contributed by atoms with E-state index in [0.29, 0.717) is 22.0 Å². The van der Waals surface area contributed by atoms with Gasteiger partial charge >= 0.3 is 0 Å². The summed E-state index contributed by atoms with van der Waals surface area (Å²) in [4.78, 5) is 15.3. The lowest BCUT2D eigenvalue weighted by molar-refractivity contribution is 0.102. The Morgan fingerprint density at radius 2 is 1.90 bits per heavy atom. The molecule has 1 aromatic heterocycles. The number of benzene rings is 2. The Morgan fingerprint density at radius 3 is 2.65 bits per heavy atom. The van der Waals surface area contributed by atoms with E-state index in [4.69, 9.17) is 17.3 Å². The number of nitrogens with two attached hydrogens (primary N) is 1. The third-order valence-electron chi connectivity index (χ3n) is 3.05. The van der Waals surface area contributed by atoms with Crippen LogP contribution in [0.1, 0.15) is 10.4 Å². The number of hydrogen-bond donors (Lipinski definition) is 3. The molecule has 0 aliphatic rings. The second-order valence-electron chi connectivity index (χ2n) is 4.47. The number of aromatic amines is 1. The van der Waals surface area contributed by atoms with Crippen molar-refractivity contribution in [3.8, 4) is 0 Å². The topological polar surface area (TPSA) is 70.9 Å². The van der Waals surface area contributed by atoms with E-state index in [2.05, 4.69) is 10.3 Å². The summed E-state index contributed by atoms with van der Waals surface area (Å²) in [5.74, 6) is -0.191. The number of H-pyrrole nitrogens is 1. The van der Waals surface area contributed by atoms with Gasteiger partial charge in [-0.25, -0.2) is 0 Å². The maximum atomic E-state index is 12.3. The molecule has 4 nitrogen and oxygen atoms in total. The predicted molar refractivity (Wildman–Crippen MR) is 82.1 cm³/mol. The average Bonchev–Trinajstić information content (AvgIpc) is 2.84. The Labute approximate surface area is 120 Å². The fourth-order valence-corrected chi connectivity index (χ4v) is 2.18. The lowest BCUT2D eigenvalue weighted by Gasteiger charge is -2.04. The quantitative estimate of drug-likeness (QED) is 0.629. The number of rotatable bonds is 2. The minimum Gasteiger partial charge on any atom is -0.399 e. The molecule has 0 saturated carbocycles. The van der Waals surface area contributed by atoms with Crippen LogP contribution in [0.2, 0.25) is 5.02 Å². The highest BCUT2D eigenvalue weighted by Gasteiger charge is 2.12. The van der Waals surface area contributed by atoms with E-state index in [1.54, 1.807) is 42.6 Å². The first-order chi connectivity index (χ1) is 9.63. The van der Waals surface area contributed by atoms with Crippen LogP contribution in [-0.2, 0) is 0 Å². The molecular formula is C15H12ClN3O. The Kier molecular flexibility index (Phi) is 3.08. The maximum absolute atomic E-state index is 12.3. The number of carbonyl (C=O) groups is 1. The second-order valence-corrected chi connectivity index (χ2v) is 4.90. The fraction of sp³-hybridized carbons (Fsp3) is 0. The van der Waals surface area contributed by atoms with Crippen molar-refractivity contribution >= 4 is 39.8 Å². The van der Waals surface area contributed by atoms with Gasteiger partial charge in [0.25, 0.3) is 5.91 Å². The van der Waals surface area contributed by atoms with E-state index in [0.717, 1.165) is 10.9 Å². The van der Waals surface area contributed by atoms with Crippen LogP contribution in [0.4, 0.5) is 11.4 Å². The molecule has 0 spiro atoms. The van der Waals surface area contributed by atoms with Crippen molar-refractivity contribution in [1.29, 1.82) is 0 Å². The fourth-order valence-electron chi connectivity index (χ4n) is 2.06. The molecule has 1 heterocycles. The van der Waals surface area contributed by atoms with Crippen LogP contribution in [0, 0.1) is 0 Å². The molecule has 100 valence electrons. The lowest BCUT2D eigenvalue weighted by atomic mass is 10.1. The molecule has 20 heavy (non-hydrogen) atoms. The van der Waals surface area contributed by atoms with Crippen LogP contribution >= 0.6 is 11.6 Å². The minimum atomic E-state index is -0.191. The summed E-state index contributed by atoms with van der Waals surface area (Å²) in [6.07, 6.45) is 1.68. The van der Waals surface area contributed by atoms with Crippen molar-refractivity contribution < 1.29 is 4.79 Å². The van der Waals surface area contributed by atoms with E-state index in [-0.39, 0.29) is 5.91 Å². The molecule has 3 aromatic rings. The first-order valence-electron chi connectivity index (χ1n) is 6.07. The summed E-state index contributed by atoms with van der Waals surface area (Å²) in [7, 11) is 0. The van der Waals surface area contributed by atoms with Gasteiger partial charge in [0.05, 0.1) is 5.56 Å². The Hall–Kier alpha value is -2.46. The molecule has 0 saturated heterocycles. The summed E-state index contributed by atoms with van der Waals surface area (Å²) in [5, 5.41) is 4.25. The first kappa shape index (κ1) is 12.6. The highest BCUT2D eigenvalue weighted by atomic mass is 35.5. The van der Waals surface area contributed by atoms with Crippen LogP contribution in [0.15, 0.2) is 48.7 Å². The summed E-state index contributed by atoms with van der Waals surface area (Å²) < 4.78 is 0. The van der Waals surface area contributed by atoms with Gasteiger partial charge in [0.1, 0.15) is 0 Å². The average molecular weight is 286 g/mol. The SMILES string of the molecule is Nc1ccc2[nH]cc(C(=O)Nc3ccc(Cl)cc3)c2c1. The van der Waals surface area contributed by atoms with Crippen molar-refractivity contribution in [2.24, 2.45) is 0 Å². The van der Waals surface area contributed by atoms with E-state index < -0.39 is 0 Å². The van der Waals surface area contributed by atoms with Crippen LogP contribution < -0.4 is 11.1 Å². The minimum absolute atomic E-state index is 0.191. The van der Waals surface area contributed by atoms with E-state index in [1.165, 1.54) is 0 Å². The van der Waals surface area contributed by atoms with Gasteiger partial charge in [0.2, 0.25) is 0 Å². The Morgan fingerprint density at radius 1 is 1.15 bits per heavy atom. The molecule has 5 heteroatoms. The van der Waals surface area contributed by atoms with Crippen molar-refractivity contribution in [3.63, 3.8) is 0 Å². The van der Waals surface area contributed by atoms with Gasteiger partial charge in [-0.1, -0.05) is 11.6 Å². The number of aromatic nitrogens is 1. The number of nitrogens with one attached hydrogen (secondary N) is 2. The van der Waals surface area contributed by atoms with E-state index in [9.17, 15) is 4.79 Å². The molecule has 0 aliphatic carbocycles. The van der Waals surface area contributed by atoms with Gasteiger partial charge in [-0.05, 0) is 42.5 Å². The van der Waals surface area contributed by atoms with Gasteiger partial charge in [0, 0.05) is 33.5 Å². The molecule has 0 radical (unpaired) electrons. The van der Waals surface area contributed by atoms with Crippen LogP contribution in [-0.4, -0.2) is 10.9 Å². The van der Waals surface area contributed by atoms with Crippen molar-refractivity contribution in [2.75, 3.05) is 11.1 Å². The zero-order valence-electron chi connectivity index (χ0n) is 10.5. The van der Waals surface area contributed by atoms with Gasteiger partial charge in [-0.15, -0.1) is 0 Å². The zero-order chi connectivity index (χ0) is 14.1.